The zero-order valence-electron chi connectivity index (χ0n) is 6.43. The first-order valence-corrected chi connectivity index (χ1v) is 5.16. The smallest absolute Gasteiger partial charge is 0.121 e. The molecule has 1 aromatic carbocycles. The molecule has 0 spiro atoms. The van der Waals surface area contributed by atoms with Gasteiger partial charge in [0.2, 0.25) is 0 Å². The molecule has 0 aromatic heterocycles. The van der Waals surface area contributed by atoms with E-state index in [0.717, 1.165) is 10.2 Å². The highest BCUT2D eigenvalue weighted by molar-refractivity contribution is 9.10. The number of hydrogen-bond acceptors (Lipinski definition) is 2. The Balaban J connectivity index is 3.02. The maximum atomic E-state index is 5.09. The summed E-state index contributed by atoms with van der Waals surface area (Å²) in [5, 5.41) is 0. The predicted molar refractivity (Wildman–Crippen MR) is 52.5 cm³/mol. The Morgan fingerprint density at radius 3 is 2.64 bits per heavy atom. The van der Waals surface area contributed by atoms with E-state index in [1.807, 2.05) is 18.4 Å². The third-order valence-electron chi connectivity index (χ3n) is 1.32. The molecular formula is C8H9BrOS. The van der Waals surface area contributed by atoms with Gasteiger partial charge in [-0.1, -0.05) is 15.9 Å². The SMILES string of the molecule is COc1cc(Br)cc(SC)c1. The van der Waals surface area contributed by atoms with Crippen LogP contribution in [0.15, 0.2) is 27.6 Å². The lowest BCUT2D eigenvalue weighted by atomic mass is 10.3. The molecule has 0 amide bonds. The number of rotatable bonds is 2. The summed E-state index contributed by atoms with van der Waals surface area (Å²) >= 11 is 5.10. The van der Waals surface area contributed by atoms with Crippen molar-refractivity contribution in [3.8, 4) is 5.75 Å². The van der Waals surface area contributed by atoms with Gasteiger partial charge in [-0.2, -0.15) is 0 Å². The fourth-order valence-corrected chi connectivity index (χ4v) is 1.88. The second-order valence-corrected chi connectivity index (χ2v) is 3.83. The molecule has 1 aromatic rings. The summed E-state index contributed by atoms with van der Waals surface area (Å²) in [4.78, 5) is 1.20. The van der Waals surface area contributed by atoms with Crippen molar-refractivity contribution in [1.82, 2.24) is 0 Å². The highest BCUT2D eigenvalue weighted by Crippen LogP contribution is 2.26. The average molecular weight is 233 g/mol. The molecule has 0 aliphatic rings. The topological polar surface area (TPSA) is 9.23 Å². The summed E-state index contributed by atoms with van der Waals surface area (Å²) in [6.45, 7) is 0. The average Bonchev–Trinajstić information content (AvgIpc) is 2.03. The minimum atomic E-state index is 0.892. The Morgan fingerprint density at radius 1 is 1.36 bits per heavy atom. The number of ether oxygens (including phenoxy) is 1. The van der Waals surface area contributed by atoms with Crippen LogP contribution >= 0.6 is 27.7 Å². The molecule has 0 aliphatic carbocycles. The molecule has 11 heavy (non-hydrogen) atoms. The van der Waals surface area contributed by atoms with E-state index >= 15 is 0 Å². The summed E-state index contributed by atoms with van der Waals surface area (Å²) in [5.74, 6) is 0.892. The molecule has 1 nitrogen and oxygen atoms in total. The zero-order chi connectivity index (χ0) is 8.27. The fourth-order valence-electron chi connectivity index (χ4n) is 0.773. The van der Waals surface area contributed by atoms with Crippen molar-refractivity contribution in [2.75, 3.05) is 13.4 Å². The first-order chi connectivity index (χ1) is 5.26. The Labute approximate surface area is 79.3 Å². The lowest BCUT2D eigenvalue weighted by Crippen LogP contribution is -1.82. The normalized spacial score (nSPS) is 9.73. The second kappa shape index (κ2) is 4.02. The summed E-state index contributed by atoms with van der Waals surface area (Å²) in [6.07, 6.45) is 2.04. The summed E-state index contributed by atoms with van der Waals surface area (Å²) in [6, 6.07) is 6.02. The van der Waals surface area contributed by atoms with Crippen LogP contribution in [0.2, 0.25) is 0 Å². The largest absolute Gasteiger partial charge is 0.497 e. The van der Waals surface area contributed by atoms with E-state index in [-0.39, 0.29) is 0 Å². The zero-order valence-corrected chi connectivity index (χ0v) is 8.83. The molecule has 0 unspecified atom stereocenters. The molecule has 0 atom stereocenters. The van der Waals surface area contributed by atoms with Gasteiger partial charge in [-0.15, -0.1) is 11.8 Å². The molecule has 0 bridgehead atoms. The van der Waals surface area contributed by atoms with E-state index in [4.69, 9.17) is 4.74 Å². The minimum absolute atomic E-state index is 0.892. The van der Waals surface area contributed by atoms with Crippen LogP contribution in [0.3, 0.4) is 0 Å². The van der Waals surface area contributed by atoms with Crippen LogP contribution in [0.5, 0.6) is 5.75 Å². The lowest BCUT2D eigenvalue weighted by Gasteiger charge is -2.02. The van der Waals surface area contributed by atoms with Gasteiger partial charge in [-0.25, -0.2) is 0 Å². The van der Waals surface area contributed by atoms with Crippen molar-refractivity contribution in [3.05, 3.63) is 22.7 Å². The van der Waals surface area contributed by atoms with E-state index in [2.05, 4.69) is 22.0 Å². The standard InChI is InChI=1S/C8H9BrOS/c1-10-7-3-6(9)4-8(5-7)11-2/h3-5H,1-2H3. The van der Waals surface area contributed by atoms with Gasteiger partial charge in [0.15, 0.2) is 0 Å². The molecule has 0 N–H and O–H groups in total. The summed E-state index contributed by atoms with van der Waals surface area (Å²) in [7, 11) is 1.67. The van der Waals surface area contributed by atoms with Gasteiger partial charge < -0.3 is 4.74 Å². The number of benzene rings is 1. The number of thioether (sulfide) groups is 1. The van der Waals surface area contributed by atoms with Crippen molar-refractivity contribution >= 4 is 27.7 Å². The maximum absolute atomic E-state index is 5.09. The Morgan fingerprint density at radius 2 is 2.09 bits per heavy atom. The van der Waals surface area contributed by atoms with Crippen LogP contribution in [-0.2, 0) is 0 Å². The molecular weight excluding hydrogens is 224 g/mol. The van der Waals surface area contributed by atoms with E-state index < -0.39 is 0 Å². The molecule has 0 saturated heterocycles. The van der Waals surface area contributed by atoms with Gasteiger partial charge in [0.25, 0.3) is 0 Å². The van der Waals surface area contributed by atoms with Gasteiger partial charge in [-0.3, -0.25) is 0 Å². The van der Waals surface area contributed by atoms with E-state index in [1.165, 1.54) is 4.90 Å². The highest BCUT2D eigenvalue weighted by Gasteiger charge is 1.96. The molecule has 0 saturated carbocycles. The maximum Gasteiger partial charge on any atom is 0.121 e. The molecule has 0 heterocycles. The summed E-state index contributed by atoms with van der Waals surface area (Å²) < 4.78 is 6.15. The van der Waals surface area contributed by atoms with Crippen LogP contribution in [0, 0.1) is 0 Å². The first kappa shape index (κ1) is 8.94. The van der Waals surface area contributed by atoms with Crippen molar-refractivity contribution < 1.29 is 4.74 Å². The molecule has 3 heteroatoms. The predicted octanol–water partition coefficient (Wildman–Crippen LogP) is 3.18. The van der Waals surface area contributed by atoms with Crippen LogP contribution in [0.25, 0.3) is 0 Å². The molecule has 0 radical (unpaired) electrons. The van der Waals surface area contributed by atoms with Crippen LogP contribution < -0.4 is 4.74 Å². The van der Waals surface area contributed by atoms with Crippen LogP contribution in [0.4, 0.5) is 0 Å². The molecule has 0 aliphatic heterocycles. The third-order valence-corrected chi connectivity index (χ3v) is 2.48. The molecule has 1 rings (SSSR count). The lowest BCUT2D eigenvalue weighted by molar-refractivity contribution is 0.413. The highest BCUT2D eigenvalue weighted by atomic mass is 79.9. The molecule has 0 fully saturated rings. The van der Waals surface area contributed by atoms with E-state index in [0.29, 0.717) is 0 Å². The van der Waals surface area contributed by atoms with Crippen molar-refractivity contribution in [2.45, 2.75) is 4.90 Å². The van der Waals surface area contributed by atoms with Crippen LogP contribution in [-0.4, -0.2) is 13.4 Å². The minimum Gasteiger partial charge on any atom is -0.497 e. The number of hydrogen-bond donors (Lipinski definition) is 0. The first-order valence-electron chi connectivity index (χ1n) is 3.15. The quantitative estimate of drug-likeness (QED) is 0.725. The third kappa shape index (κ3) is 2.42. The Bertz CT molecular complexity index is 228. The number of halogens is 1. The fraction of sp³-hybridized carbons (Fsp3) is 0.250. The Hall–Kier alpha value is -0.150. The van der Waals surface area contributed by atoms with Crippen molar-refractivity contribution in [3.63, 3.8) is 0 Å². The van der Waals surface area contributed by atoms with Crippen molar-refractivity contribution in [2.24, 2.45) is 0 Å². The van der Waals surface area contributed by atoms with Gasteiger partial charge in [-0.05, 0) is 24.5 Å². The van der Waals surface area contributed by atoms with Gasteiger partial charge in [0, 0.05) is 9.37 Å². The van der Waals surface area contributed by atoms with Gasteiger partial charge in [0.05, 0.1) is 7.11 Å². The van der Waals surface area contributed by atoms with Crippen LogP contribution in [0.1, 0.15) is 0 Å². The molecule has 60 valence electrons. The van der Waals surface area contributed by atoms with Gasteiger partial charge in [0.1, 0.15) is 5.75 Å². The van der Waals surface area contributed by atoms with E-state index in [9.17, 15) is 0 Å². The number of methoxy groups -OCH3 is 1. The Kier molecular flexibility index (Phi) is 3.27. The van der Waals surface area contributed by atoms with Gasteiger partial charge >= 0.3 is 0 Å². The second-order valence-electron chi connectivity index (χ2n) is 2.03. The monoisotopic (exact) mass is 232 g/mol. The summed E-state index contributed by atoms with van der Waals surface area (Å²) in [5.41, 5.74) is 0. The van der Waals surface area contributed by atoms with Crippen molar-refractivity contribution in [1.29, 1.82) is 0 Å². The van der Waals surface area contributed by atoms with E-state index in [1.54, 1.807) is 18.9 Å².